The number of piperazine rings is 1. The van der Waals surface area contributed by atoms with Gasteiger partial charge in [-0.3, -0.25) is 9.69 Å². The number of rotatable bonds is 6. The Morgan fingerprint density at radius 1 is 1.17 bits per heavy atom. The third-order valence-corrected chi connectivity index (χ3v) is 4.76. The fraction of sp³-hybridized carbons (Fsp3) is 0.438. The number of nitrogens with one attached hydrogen (secondary N) is 1. The zero-order valence-electron chi connectivity index (χ0n) is 13.0. The van der Waals surface area contributed by atoms with E-state index in [4.69, 9.17) is 0 Å². The van der Waals surface area contributed by atoms with Crippen molar-refractivity contribution in [1.82, 2.24) is 20.2 Å². The maximum atomic E-state index is 11.8. The van der Waals surface area contributed by atoms with Gasteiger partial charge in [0, 0.05) is 45.1 Å². The number of thiophene rings is 1. The first kappa shape index (κ1) is 15.9. The Morgan fingerprint density at radius 2 is 1.96 bits per heavy atom. The molecule has 0 atom stereocenters. The largest absolute Gasteiger partial charge is 0.351 e. The van der Waals surface area contributed by atoms with Gasteiger partial charge in [-0.2, -0.15) is 0 Å². The van der Waals surface area contributed by atoms with Gasteiger partial charge in [0.25, 0.3) is 5.91 Å². The van der Waals surface area contributed by atoms with Crippen LogP contribution in [0.5, 0.6) is 0 Å². The van der Waals surface area contributed by atoms with Crippen LogP contribution in [0.25, 0.3) is 0 Å². The Labute approximate surface area is 140 Å². The van der Waals surface area contributed by atoms with E-state index in [1.165, 1.54) is 11.3 Å². The first-order valence-corrected chi connectivity index (χ1v) is 8.77. The van der Waals surface area contributed by atoms with Crippen LogP contribution in [-0.2, 0) is 0 Å². The molecule has 1 aliphatic rings. The van der Waals surface area contributed by atoms with E-state index < -0.39 is 0 Å². The molecule has 2 aromatic rings. The average molecular weight is 331 g/mol. The van der Waals surface area contributed by atoms with Crippen LogP contribution in [0.3, 0.4) is 0 Å². The number of anilines is 1. The summed E-state index contributed by atoms with van der Waals surface area (Å²) in [6, 6.07) is 5.59. The molecule has 3 rings (SSSR count). The third-order valence-electron chi connectivity index (χ3n) is 3.89. The molecule has 7 heteroatoms. The van der Waals surface area contributed by atoms with Crippen molar-refractivity contribution in [2.45, 2.75) is 6.42 Å². The third kappa shape index (κ3) is 4.49. The summed E-state index contributed by atoms with van der Waals surface area (Å²) in [5.74, 6) is 0.849. The zero-order chi connectivity index (χ0) is 15.9. The predicted octanol–water partition coefficient (Wildman–Crippen LogP) is 1.48. The van der Waals surface area contributed by atoms with Crippen LogP contribution in [0.1, 0.15) is 16.1 Å². The molecule has 1 amide bonds. The lowest BCUT2D eigenvalue weighted by Crippen LogP contribution is -2.47. The van der Waals surface area contributed by atoms with Crippen LogP contribution in [0.2, 0.25) is 0 Å². The molecule has 0 spiro atoms. The summed E-state index contributed by atoms with van der Waals surface area (Å²) < 4.78 is 0. The maximum Gasteiger partial charge on any atom is 0.261 e. The molecular weight excluding hydrogens is 310 g/mol. The van der Waals surface area contributed by atoms with Crippen molar-refractivity contribution in [2.75, 3.05) is 44.2 Å². The SMILES string of the molecule is O=C(NCCCN1CCN(c2ncccn2)CC1)c1cccs1. The van der Waals surface area contributed by atoms with E-state index in [9.17, 15) is 4.79 Å². The maximum absolute atomic E-state index is 11.8. The molecular formula is C16H21N5OS. The molecule has 0 saturated carbocycles. The van der Waals surface area contributed by atoms with Crippen molar-refractivity contribution in [2.24, 2.45) is 0 Å². The summed E-state index contributed by atoms with van der Waals surface area (Å²) >= 11 is 1.48. The van der Waals surface area contributed by atoms with Crippen molar-refractivity contribution in [3.05, 3.63) is 40.8 Å². The first-order chi connectivity index (χ1) is 11.3. The van der Waals surface area contributed by atoms with Crippen molar-refractivity contribution in [3.8, 4) is 0 Å². The topological polar surface area (TPSA) is 61.4 Å². The Bertz CT molecular complexity index is 596. The Balaban J connectivity index is 1.33. The summed E-state index contributed by atoms with van der Waals surface area (Å²) in [6.45, 7) is 5.65. The van der Waals surface area contributed by atoms with E-state index in [-0.39, 0.29) is 5.91 Å². The molecule has 1 fully saturated rings. The molecule has 1 aliphatic heterocycles. The van der Waals surface area contributed by atoms with E-state index in [0.717, 1.165) is 56.5 Å². The second kappa shape index (κ2) is 8.03. The molecule has 0 aromatic carbocycles. The fourth-order valence-electron chi connectivity index (χ4n) is 2.63. The molecule has 1 N–H and O–H groups in total. The molecule has 1 saturated heterocycles. The normalized spacial score (nSPS) is 15.6. The van der Waals surface area contributed by atoms with Gasteiger partial charge in [0.2, 0.25) is 5.95 Å². The van der Waals surface area contributed by atoms with Gasteiger partial charge in [0.1, 0.15) is 0 Å². The minimum Gasteiger partial charge on any atom is -0.351 e. The Kier molecular flexibility index (Phi) is 5.55. The number of carbonyl (C=O) groups excluding carboxylic acids is 1. The van der Waals surface area contributed by atoms with Crippen LogP contribution in [0, 0.1) is 0 Å². The summed E-state index contributed by atoms with van der Waals surface area (Å²) in [5.41, 5.74) is 0. The van der Waals surface area contributed by atoms with Gasteiger partial charge in [-0.05, 0) is 30.5 Å². The van der Waals surface area contributed by atoms with Gasteiger partial charge in [0.15, 0.2) is 0 Å². The first-order valence-electron chi connectivity index (χ1n) is 7.89. The molecule has 0 unspecified atom stereocenters. The van der Waals surface area contributed by atoms with Gasteiger partial charge < -0.3 is 10.2 Å². The highest BCUT2D eigenvalue weighted by Gasteiger charge is 2.18. The van der Waals surface area contributed by atoms with Crippen LogP contribution in [-0.4, -0.2) is 60.0 Å². The van der Waals surface area contributed by atoms with Crippen molar-refractivity contribution < 1.29 is 4.79 Å². The number of amides is 1. The van der Waals surface area contributed by atoms with E-state index in [1.807, 2.05) is 23.6 Å². The average Bonchev–Trinajstić information content (AvgIpc) is 3.15. The second-order valence-electron chi connectivity index (χ2n) is 5.46. The molecule has 6 nitrogen and oxygen atoms in total. The molecule has 3 heterocycles. The van der Waals surface area contributed by atoms with E-state index in [0.29, 0.717) is 0 Å². The second-order valence-corrected chi connectivity index (χ2v) is 6.41. The number of aromatic nitrogens is 2. The van der Waals surface area contributed by atoms with E-state index >= 15 is 0 Å². The van der Waals surface area contributed by atoms with Gasteiger partial charge in [-0.25, -0.2) is 9.97 Å². The minimum atomic E-state index is 0.0334. The van der Waals surface area contributed by atoms with Gasteiger partial charge in [0.05, 0.1) is 4.88 Å². The number of nitrogens with zero attached hydrogens (tertiary/aromatic N) is 4. The number of carbonyl (C=O) groups is 1. The smallest absolute Gasteiger partial charge is 0.261 e. The van der Waals surface area contributed by atoms with E-state index in [1.54, 1.807) is 12.4 Å². The molecule has 0 aliphatic carbocycles. The van der Waals surface area contributed by atoms with Gasteiger partial charge >= 0.3 is 0 Å². The highest BCUT2D eigenvalue weighted by molar-refractivity contribution is 7.12. The zero-order valence-corrected chi connectivity index (χ0v) is 13.8. The predicted molar refractivity (Wildman–Crippen MR) is 92.0 cm³/mol. The lowest BCUT2D eigenvalue weighted by atomic mass is 10.3. The molecule has 0 radical (unpaired) electrons. The van der Waals surface area contributed by atoms with Crippen molar-refractivity contribution in [3.63, 3.8) is 0 Å². The van der Waals surface area contributed by atoms with Crippen LogP contribution in [0.4, 0.5) is 5.95 Å². The summed E-state index contributed by atoms with van der Waals surface area (Å²) in [4.78, 5) is 25.8. The standard InChI is InChI=1S/C16H21N5OS/c22-15(14-4-1-13-23-14)17-7-3-8-20-9-11-21(12-10-20)16-18-5-2-6-19-16/h1-2,4-6,13H,3,7-12H2,(H,17,22). The van der Waals surface area contributed by atoms with E-state index in [2.05, 4.69) is 25.1 Å². The highest BCUT2D eigenvalue weighted by Crippen LogP contribution is 2.10. The quantitative estimate of drug-likeness (QED) is 0.813. The Morgan fingerprint density at radius 3 is 2.65 bits per heavy atom. The Hall–Kier alpha value is -1.99. The minimum absolute atomic E-state index is 0.0334. The lowest BCUT2D eigenvalue weighted by Gasteiger charge is -2.34. The highest BCUT2D eigenvalue weighted by atomic mass is 32.1. The van der Waals surface area contributed by atoms with Crippen LogP contribution >= 0.6 is 11.3 Å². The summed E-state index contributed by atoms with van der Waals surface area (Å²) in [5, 5.41) is 4.90. The molecule has 122 valence electrons. The van der Waals surface area contributed by atoms with Crippen molar-refractivity contribution in [1.29, 1.82) is 0 Å². The molecule has 23 heavy (non-hydrogen) atoms. The lowest BCUT2D eigenvalue weighted by molar-refractivity contribution is 0.0955. The number of hydrogen-bond donors (Lipinski definition) is 1. The summed E-state index contributed by atoms with van der Waals surface area (Å²) in [7, 11) is 0. The van der Waals surface area contributed by atoms with Crippen LogP contribution in [0.15, 0.2) is 36.0 Å². The summed E-state index contributed by atoms with van der Waals surface area (Å²) in [6.07, 6.45) is 4.54. The monoisotopic (exact) mass is 331 g/mol. The molecule has 2 aromatic heterocycles. The van der Waals surface area contributed by atoms with Crippen LogP contribution < -0.4 is 10.2 Å². The van der Waals surface area contributed by atoms with Gasteiger partial charge in [-0.15, -0.1) is 11.3 Å². The van der Waals surface area contributed by atoms with Gasteiger partial charge in [-0.1, -0.05) is 6.07 Å². The van der Waals surface area contributed by atoms with Crippen molar-refractivity contribution >= 4 is 23.2 Å². The molecule has 0 bridgehead atoms. The fourth-order valence-corrected chi connectivity index (χ4v) is 3.27. The number of hydrogen-bond acceptors (Lipinski definition) is 6.